The summed E-state index contributed by atoms with van der Waals surface area (Å²) in [7, 11) is 0. The largest absolute Gasteiger partial charge is 0.463 e. The Morgan fingerprint density at radius 3 is 2.75 bits per heavy atom. The predicted octanol–water partition coefficient (Wildman–Crippen LogP) is 2.60. The molecule has 1 aliphatic heterocycles. The summed E-state index contributed by atoms with van der Waals surface area (Å²) in [5.41, 5.74) is 3.48. The molecule has 2 aromatic rings. The molecular weight excluding hydrogens is 318 g/mol. The van der Waals surface area contributed by atoms with E-state index in [2.05, 4.69) is 48.7 Å². The first-order chi connectivity index (χ1) is 11.6. The number of quaternary nitrogens is 1. The van der Waals surface area contributed by atoms with Crippen LogP contribution >= 0.6 is 12.2 Å². The molecule has 1 aromatic heterocycles. The van der Waals surface area contributed by atoms with E-state index in [1.165, 1.54) is 37.1 Å². The van der Waals surface area contributed by atoms with Gasteiger partial charge in [0.1, 0.15) is 0 Å². The topological polar surface area (TPSA) is 41.6 Å². The highest BCUT2D eigenvalue weighted by Crippen LogP contribution is 2.16. The quantitative estimate of drug-likeness (QED) is 0.730. The third-order valence-corrected chi connectivity index (χ3v) is 4.98. The van der Waals surface area contributed by atoms with Crippen molar-refractivity contribution in [1.29, 1.82) is 0 Å². The van der Waals surface area contributed by atoms with Gasteiger partial charge >= 0.3 is 0 Å². The van der Waals surface area contributed by atoms with Gasteiger partial charge in [0.05, 0.1) is 25.9 Å². The van der Waals surface area contributed by atoms with Crippen LogP contribution in [-0.4, -0.2) is 24.7 Å². The second-order valence-electron chi connectivity index (χ2n) is 6.59. The van der Waals surface area contributed by atoms with Crippen LogP contribution in [0.25, 0.3) is 0 Å². The van der Waals surface area contributed by atoms with Gasteiger partial charge in [-0.2, -0.15) is 0 Å². The van der Waals surface area contributed by atoms with Crippen molar-refractivity contribution in [2.45, 2.75) is 32.7 Å². The summed E-state index contributed by atoms with van der Waals surface area (Å²) in [6, 6.07) is 10.7. The van der Waals surface area contributed by atoms with Crippen molar-refractivity contribution in [3.63, 3.8) is 0 Å². The van der Waals surface area contributed by atoms with E-state index in [0.29, 0.717) is 11.2 Å². The highest BCUT2D eigenvalue weighted by atomic mass is 32.1. The number of hydrogen-bond acceptors (Lipinski definition) is 2. The number of anilines is 1. The number of nitrogens with one attached hydrogen (secondary N) is 3. The van der Waals surface area contributed by atoms with Crippen molar-refractivity contribution in [2.24, 2.45) is 0 Å². The lowest BCUT2D eigenvalue weighted by Gasteiger charge is -2.24. The summed E-state index contributed by atoms with van der Waals surface area (Å²) >= 11 is 5.50. The smallest absolute Gasteiger partial charge is 0.171 e. The Bertz CT molecular complexity index is 678. The SMILES string of the molecule is Cc1ccc(C)c(NC(=S)NC[C@@H](c2ccco2)[NH+]2CCCC2)c1. The van der Waals surface area contributed by atoms with E-state index in [0.717, 1.165) is 18.0 Å². The summed E-state index contributed by atoms with van der Waals surface area (Å²) in [4.78, 5) is 1.58. The maximum atomic E-state index is 5.67. The molecule has 1 saturated heterocycles. The van der Waals surface area contributed by atoms with Crippen LogP contribution in [-0.2, 0) is 0 Å². The number of likely N-dealkylation sites (tertiary alicyclic amines) is 1. The molecule has 0 spiro atoms. The Morgan fingerprint density at radius 1 is 1.25 bits per heavy atom. The molecule has 0 bridgehead atoms. The van der Waals surface area contributed by atoms with Gasteiger partial charge in [-0.25, -0.2) is 0 Å². The monoisotopic (exact) mass is 344 g/mol. The van der Waals surface area contributed by atoms with E-state index < -0.39 is 0 Å². The zero-order chi connectivity index (χ0) is 16.9. The van der Waals surface area contributed by atoms with Crippen LogP contribution in [0.15, 0.2) is 41.0 Å². The molecule has 0 unspecified atom stereocenters. The minimum absolute atomic E-state index is 0.306. The maximum Gasteiger partial charge on any atom is 0.171 e. The van der Waals surface area contributed by atoms with Crippen LogP contribution in [0.3, 0.4) is 0 Å². The fraction of sp³-hybridized carbons (Fsp3) is 0.421. The van der Waals surface area contributed by atoms with E-state index in [4.69, 9.17) is 16.6 Å². The lowest BCUT2D eigenvalue weighted by molar-refractivity contribution is -0.919. The number of thiocarbonyl (C=S) groups is 1. The molecule has 0 amide bonds. The molecule has 0 radical (unpaired) electrons. The molecule has 1 aliphatic rings. The van der Waals surface area contributed by atoms with Gasteiger partial charge in [0.2, 0.25) is 0 Å². The van der Waals surface area contributed by atoms with Crippen LogP contribution in [0, 0.1) is 13.8 Å². The van der Waals surface area contributed by atoms with Gasteiger partial charge in [-0.1, -0.05) is 12.1 Å². The zero-order valence-electron chi connectivity index (χ0n) is 14.4. The zero-order valence-corrected chi connectivity index (χ0v) is 15.2. The molecule has 0 saturated carbocycles. The Balaban J connectivity index is 1.61. The van der Waals surface area contributed by atoms with Crippen molar-refractivity contribution in [3.05, 3.63) is 53.5 Å². The first-order valence-electron chi connectivity index (χ1n) is 8.63. The van der Waals surface area contributed by atoms with Crippen LogP contribution in [0.4, 0.5) is 5.69 Å². The normalized spacial score (nSPS) is 16.1. The fourth-order valence-corrected chi connectivity index (χ4v) is 3.54. The number of rotatable bonds is 5. The molecule has 2 heterocycles. The molecule has 3 rings (SSSR count). The Morgan fingerprint density at radius 2 is 2.04 bits per heavy atom. The van der Waals surface area contributed by atoms with E-state index in [-0.39, 0.29) is 0 Å². The molecule has 1 aromatic carbocycles. The lowest BCUT2D eigenvalue weighted by Crippen LogP contribution is -3.11. The Kier molecular flexibility index (Phi) is 5.53. The van der Waals surface area contributed by atoms with Crippen LogP contribution in [0.5, 0.6) is 0 Å². The molecule has 128 valence electrons. The predicted molar refractivity (Wildman–Crippen MR) is 102 cm³/mol. The van der Waals surface area contributed by atoms with Gasteiger partial charge in [0.25, 0.3) is 0 Å². The summed E-state index contributed by atoms with van der Waals surface area (Å²) in [6.45, 7) is 7.35. The molecule has 24 heavy (non-hydrogen) atoms. The van der Waals surface area contributed by atoms with Crippen LogP contribution in [0.1, 0.15) is 35.8 Å². The van der Waals surface area contributed by atoms with Gasteiger partial charge in [-0.15, -0.1) is 0 Å². The lowest BCUT2D eigenvalue weighted by atomic mass is 10.1. The van der Waals surface area contributed by atoms with Gasteiger partial charge in [0, 0.05) is 18.5 Å². The van der Waals surface area contributed by atoms with Gasteiger partial charge in [0.15, 0.2) is 16.9 Å². The average Bonchev–Trinajstić information content (AvgIpc) is 3.25. The maximum absolute atomic E-state index is 5.67. The first kappa shape index (κ1) is 17.0. The minimum Gasteiger partial charge on any atom is -0.463 e. The molecule has 1 atom stereocenters. The molecule has 0 aliphatic carbocycles. The third-order valence-electron chi connectivity index (χ3n) is 4.73. The van der Waals surface area contributed by atoms with Crippen LogP contribution in [0.2, 0.25) is 0 Å². The highest BCUT2D eigenvalue weighted by molar-refractivity contribution is 7.80. The molecule has 3 N–H and O–H groups in total. The van der Waals surface area contributed by atoms with Gasteiger partial charge in [-0.3, -0.25) is 0 Å². The Hall–Kier alpha value is -1.85. The summed E-state index contributed by atoms with van der Waals surface area (Å²) in [5, 5.41) is 7.37. The van der Waals surface area contributed by atoms with Crippen LogP contribution < -0.4 is 15.5 Å². The van der Waals surface area contributed by atoms with E-state index in [9.17, 15) is 0 Å². The molecular formula is C19H26N3OS+. The Labute approximate surface area is 149 Å². The summed E-state index contributed by atoms with van der Waals surface area (Å²) in [5.74, 6) is 1.04. The van der Waals surface area contributed by atoms with E-state index >= 15 is 0 Å². The highest BCUT2D eigenvalue weighted by Gasteiger charge is 2.29. The number of hydrogen-bond donors (Lipinski definition) is 3. The first-order valence-corrected chi connectivity index (χ1v) is 9.04. The van der Waals surface area contributed by atoms with Crippen molar-refractivity contribution in [1.82, 2.24) is 5.32 Å². The average molecular weight is 345 g/mol. The molecule has 4 nitrogen and oxygen atoms in total. The summed E-state index contributed by atoms with van der Waals surface area (Å²) < 4.78 is 5.67. The molecule has 5 heteroatoms. The standard InChI is InChI=1S/C19H25N3OS/c1-14-7-8-15(2)16(12-14)21-19(24)20-13-17(18-6-5-11-23-18)22-9-3-4-10-22/h5-8,11-12,17H,3-4,9-10,13H2,1-2H3,(H2,20,21,24)/p+1/t17-/m0/s1. The van der Waals surface area contributed by atoms with E-state index in [1.54, 1.807) is 11.2 Å². The van der Waals surface area contributed by atoms with E-state index in [1.807, 2.05) is 6.07 Å². The second-order valence-corrected chi connectivity index (χ2v) is 7.00. The van der Waals surface area contributed by atoms with Crippen molar-refractivity contribution < 1.29 is 9.32 Å². The van der Waals surface area contributed by atoms with Crippen molar-refractivity contribution >= 4 is 23.0 Å². The van der Waals surface area contributed by atoms with Gasteiger partial charge in [-0.05, 0) is 55.4 Å². The van der Waals surface area contributed by atoms with Crippen molar-refractivity contribution in [2.75, 3.05) is 25.0 Å². The number of furan rings is 1. The summed E-state index contributed by atoms with van der Waals surface area (Å²) in [6.07, 6.45) is 4.33. The number of aryl methyl sites for hydroxylation is 2. The molecule has 1 fully saturated rings. The van der Waals surface area contributed by atoms with Gasteiger partial charge < -0.3 is 20.0 Å². The minimum atomic E-state index is 0.306. The van der Waals surface area contributed by atoms with Crippen molar-refractivity contribution in [3.8, 4) is 0 Å². The number of benzene rings is 1. The third kappa shape index (κ3) is 4.16. The second kappa shape index (κ2) is 7.81. The fourth-order valence-electron chi connectivity index (χ4n) is 3.35.